The zero-order chi connectivity index (χ0) is 14.2. The Bertz CT molecular complexity index is 794. The minimum atomic E-state index is 0.652. The van der Waals surface area contributed by atoms with Crippen LogP contribution in [0.1, 0.15) is 11.4 Å². The first-order valence-electron chi connectivity index (χ1n) is 7.05. The first-order valence-corrected chi connectivity index (χ1v) is 7.05. The summed E-state index contributed by atoms with van der Waals surface area (Å²) in [7, 11) is 0. The van der Waals surface area contributed by atoms with E-state index in [1.165, 1.54) is 5.56 Å². The van der Waals surface area contributed by atoms with Crippen LogP contribution in [0.25, 0.3) is 16.8 Å². The van der Waals surface area contributed by atoms with Gasteiger partial charge in [0.1, 0.15) is 5.75 Å². The Morgan fingerprint density at radius 1 is 1.14 bits per heavy atom. The van der Waals surface area contributed by atoms with Gasteiger partial charge in [0.25, 0.3) is 0 Å². The lowest BCUT2D eigenvalue weighted by atomic mass is 10.0. The Morgan fingerprint density at radius 3 is 2.90 bits per heavy atom. The van der Waals surface area contributed by atoms with E-state index in [1.54, 1.807) is 6.20 Å². The molecule has 0 saturated heterocycles. The quantitative estimate of drug-likeness (QED) is 0.686. The predicted octanol–water partition coefficient (Wildman–Crippen LogP) is 3.18. The van der Waals surface area contributed by atoms with Crippen molar-refractivity contribution in [1.82, 2.24) is 14.8 Å². The van der Waals surface area contributed by atoms with Gasteiger partial charge in [-0.2, -0.15) is 5.10 Å². The van der Waals surface area contributed by atoms with Crippen LogP contribution >= 0.6 is 0 Å². The van der Waals surface area contributed by atoms with Gasteiger partial charge in [0.05, 0.1) is 18.0 Å². The van der Waals surface area contributed by atoms with Crippen LogP contribution in [0.2, 0.25) is 0 Å². The molecule has 3 heterocycles. The third kappa shape index (κ3) is 2.09. The molecule has 4 nitrogen and oxygen atoms in total. The van der Waals surface area contributed by atoms with Gasteiger partial charge in [0, 0.05) is 41.7 Å². The normalized spacial score (nSPS) is 13.0. The maximum absolute atomic E-state index is 5.93. The number of fused-ring (bicyclic) bond motifs is 3. The maximum atomic E-state index is 5.93. The number of rotatable bonds is 1. The minimum Gasteiger partial charge on any atom is -0.492 e. The number of ether oxygens (including phenoxy) is 1. The predicted molar refractivity (Wildman–Crippen MR) is 80.7 cm³/mol. The summed E-state index contributed by atoms with van der Waals surface area (Å²) < 4.78 is 7.76. The Balaban J connectivity index is 1.87. The third-order valence-corrected chi connectivity index (χ3v) is 3.73. The van der Waals surface area contributed by atoms with Crippen LogP contribution in [-0.2, 0) is 6.42 Å². The van der Waals surface area contributed by atoms with Crippen molar-refractivity contribution in [2.45, 2.75) is 13.3 Å². The van der Waals surface area contributed by atoms with Crippen LogP contribution in [-0.4, -0.2) is 21.4 Å². The van der Waals surface area contributed by atoms with Crippen molar-refractivity contribution < 1.29 is 4.74 Å². The van der Waals surface area contributed by atoms with E-state index < -0.39 is 0 Å². The first kappa shape index (κ1) is 12.1. The van der Waals surface area contributed by atoms with Crippen LogP contribution in [0.3, 0.4) is 0 Å². The second-order valence-electron chi connectivity index (χ2n) is 5.18. The molecule has 1 aromatic carbocycles. The summed E-state index contributed by atoms with van der Waals surface area (Å²) in [4.78, 5) is 4.65. The van der Waals surface area contributed by atoms with E-state index in [0.29, 0.717) is 6.61 Å². The second kappa shape index (κ2) is 4.74. The Morgan fingerprint density at radius 2 is 2.05 bits per heavy atom. The van der Waals surface area contributed by atoms with Crippen molar-refractivity contribution in [1.29, 1.82) is 0 Å². The first-order chi connectivity index (χ1) is 10.3. The standard InChI is InChI=1S/C17H15N3O/c1-12-3-5-14-15-6-4-13(20-9-2-8-18-20)11-17(15)21-10-7-16(14)19-12/h2-6,8-9,11H,7,10H2,1H3. The molecule has 0 N–H and O–H groups in total. The molecular weight excluding hydrogens is 262 g/mol. The molecule has 0 atom stereocenters. The zero-order valence-electron chi connectivity index (χ0n) is 11.8. The van der Waals surface area contributed by atoms with Crippen molar-refractivity contribution in [2.24, 2.45) is 0 Å². The van der Waals surface area contributed by atoms with Gasteiger partial charge in [-0.15, -0.1) is 0 Å². The molecule has 4 heteroatoms. The van der Waals surface area contributed by atoms with Gasteiger partial charge in [-0.3, -0.25) is 4.98 Å². The summed E-state index contributed by atoms with van der Waals surface area (Å²) in [6, 6.07) is 12.3. The fourth-order valence-corrected chi connectivity index (χ4v) is 2.72. The number of aromatic nitrogens is 3. The molecule has 0 amide bonds. The Labute approximate surface area is 123 Å². The average molecular weight is 277 g/mol. The molecule has 104 valence electrons. The van der Waals surface area contributed by atoms with E-state index in [1.807, 2.05) is 29.9 Å². The molecule has 1 aliphatic rings. The molecule has 4 rings (SSSR count). The van der Waals surface area contributed by atoms with Gasteiger partial charge in [-0.1, -0.05) is 6.07 Å². The van der Waals surface area contributed by atoms with E-state index in [-0.39, 0.29) is 0 Å². The number of hydrogen-bond acceptors (Lipinski definition) is 3. The SMILES string of the molecule is Cc1ccc2c(n1)CCOc1cc(-n3cccn3)ccc1-2. The molecule has 0 aliphatic carbocycles. The molecule has 21 heavy (non-hydrogen) atoms. The number of hydrogen-bond donors (Lipinski definition) is 0. The number of nitrogens with zero attached hydrogens (tertiary/aromatic N) is 3. The van der Waals surface area contributed by atoms with Crippen molar-refractivity contribution in [3.05, 3.63) is 60.2 Å². The van der Waals surface area contributed by atoms with Gasteiger partial charge in [0.2, 0.25) is 0 Å². The zero-order valence-corrected chi connectivity index (χ0v) is 11.8. The molecular formula is C17H15N3O. The van der Waals surface area contributed by atoms with E-state index in [2.05, 4.69) is 34.3 Å². The summed E-state index contributed by atoms with van der Waals surface area (Å²) in [6.45, 7) is 2.67. The van der Waals surface area contributed by atoms with E-state index >= 15 is 0 Å². The number of pyridine rings is 1. The lowest BCUT2D eigenvalue weighted by Crippen LogP contribution is -2.01. The van der Waals surface area contributed by atoms with E-state index in [9.17, 15) is 0 Å². The largest absolute Gasteiger partial charge is 0.492 e. The van der Waals surface area contributed by atoms with Crippen LogP contribution < -0.4 is 4.74 Å². The Hall–Kier alpha value is -2.62. The second-order valence-corrected chi connectivity index (χ2v) is 5.18. The number of benzene rings is 1. The molecule has 2 aromatic heterocycles. The monoisotopic (exact) mass is 277 g/mol. The highest BCUT2D eigenvalue weighted by Gasteiger charge is 2.17. The van der Waals surface area contributed by atoms with Crippen LogP contribution in [0.5, 0.6) is 5.75 Å². The van der Waals surface area contributed by atoms with Crippen molar-refractivity contribution >= 4 is 0 Å². The summed E-state index contributed by atoms with van der Waals surface area (Å²) in [5.41, 5.74) is 5.43. The summed E-state index contributed by atoms with van der Waals surface area (Å²) >= 11 is 0. The minimum absolute atomic E-state index is 0.652. The fourth-order valence-electron chi connectivity index (χ4n) is 2.72. The summed E-state index contributed by atoms with van der Waals surface area (Å²) in [6.07, 6.45) is 4.54. The van der Waals surface area contributed by atoms with Crippen molar-refractivity contribution in [3.63, 3.8) is 0 Å². The van der Waals surface area contributed by atoms with Crippen LogP contribution in [0, 0.1) is 6.92 Å². The lowest BCUT2D eigenvalue weighted by Gasteiger charge is -2.11. The van der Waals surface area contributed by atoms with Crippen molar-refractivity contribution in [3.8, 4) is 22.6 Å². The molecule has 3 aromatic rings. The summed E-state index contributed by atoms with van der Waals surface area (Å²) in [5, 5.41) is 4.26. The molecule has 0 radical (unpaired) electrons. The van der Waals surface area contributed by atoms with Gasteiger partial charge in [-0.05, 0) is 31.2 Å². The number of aryl methyl sites for hydroxylation is 1. The lowest BCUT2D eigenvalue weighted by molar-refractivity contribution is 0.325. The maximum Gasteiger partial charge on any atom is 0.129 e. The third-order valence-electron chi connectivity index (χ3n) is 3.73. The summed E-state index contributed by atoms with van der Waals surface area (Å²) in [5.74, 6) is 0.896. The van der Waals surface area contributed by atoms with Gasteiger partial charge >= 0.3 is 0 Å². The molecule has 0 saturated carbocycles. The van der Waals surface area contributed by atoms with E-state index in [4.69, 9.17) is 4.74 Å². The highest BCUT2D eigenvalue weighted by Crippen LogP contribution is 2.36. The highest BCUT2D eigenvalue weighted by atomic mass is 16.5. The van der Waals surface area contributed by atoms with Crippen LogP contribution in [0.4, 0.5) is 0 Å². The van der Waals surface area contributed by atoms with Gasteiger partial charge in [0.15, 0.2) is 0 Å². The topological polar surface area (TPSA) is 39.9 Å². The molecule has 0 bridgehead atoms. The van der Waals surface area contributed by atoms with Gasteiger partial charge in [-0.25, -0.2) is 4.68 Å². The Kier molecular flexibility index (Phi) is 2.74. The molecule has 0 unspecified atom stereocenters. The smallest absolute Gasteiger partial charge is 0.129 e. The van der Waals surface area contributed by atoms with Crippen molar-refractivity contribution in [2.75, 3.05) is 6.61 Å². The van der Waals surface area contributed by atoms with E-state index in [0.717, 1.165) is 34.8 Å². The fraction of sp³-hybridized carbons (Fsp3) is 0.176. The molecule has 0 spiro atoms. The average Bonchev–Trinajstić information content (AvgIpc) is 2.96. The molecule has 1 aliphatic heterocycles. The van der Waals surface area contributed by atoms with Gasteiger partial charge < -0.3 is 4.74 Å². The van der Waals surface area contributed by atoms with Crippen LogP contribution in [0.15, 0.2) is 48.8 Å². The molecule has 0 fully saturated rings. The highest BCUT2D eigenvalue weighted by molar-refractivity contribution is 5.74.